The van der Waals surface area contributed by atoms with Crippen LogP contribution in [0.4, 0.5) is 5.82 Å². The molecule has 1 aromatic heterocycles. The maximum atomic E-state index is 11.3. The molecule has 1 aliphatic rings. The van der Waals surface area contributed by atoms with E-state index in [1.54, 1.807) is 0 Å². The van der Waals surface area contributed by atoms with Gasteiger partial charge in [-0.1, -0.05) is 18.5 Å². The number of nitrogens with zero attached hydrogens (tertiary/aromatic N) is 3. The van der Waals surface area contributed by atoms with Gasteiger partial charge in [0.15, 0.2) is 0 Å². The predicted molar refractivity (Wildman–Crippen MR) is 61.6 cm³/mol. The zero-order valence-electron chi connectivity index (χ0n) is 9.03. The lowest BCUT2D eigenvalue weighted by atomic mass is 10.2. The zero-order valence-corrected chi connectivity index (χ0v) is 9.79. The first-order valence-electron chi connectivity index (χ1n) is 5.23. The second-order valence-electron chi connectivity index (χ2n) is 3.59. The van der Waals surface area contributed by atoms with E-state index in [1.807, 2.05) is 11.8 Å². The number of piperazine rings is 1. The first kappa shape index (κ1) is 11.1. The van der Waals surface area contributed by atoms with Crippen LogP contribution in [0.2, 0.25) is 5.15 Å². The van der Waals surface area contributed by atoms with Crippen molar-refractivity contribution in [3.05, 3.63) is 17.0 Å². The van der Waals surface area contributed by atoms with Gasteiger partial charge in [0.1, 0.15) is 17.3 Å². The van der Waals surface area contributed by atoms with Crippen LogP contribution in [0.5, 0.6) is 0 Å². The van der Waals surface area contributed by atoms with Gasteiger partial charge in [0.05, 0.1) is 6.54 Å². The third-order valence-corrected chi connectivity index (χ3v) is 2.89. The third-order valence-electron chi connectivity index (χ3n) is 2.56. The predicted octanol–water partition coefficient (Wildman–Crippen LogP) is 0.629. The van der Waals surface area contributed by atoms with Crippen molar-refractivity contribution in [1.82, 2.24) is 15.3 Å². The summed E-state index contributed by atoms with van der Waals surface area (Å²) in [7, 11) is 0. The van der Waals surface area contributed by atoms with Gasteiger partial charge in [-0.25, -0.2) is 9.97 Å². The van der Waals surface area contributed by atoms with E-state index in [9.17, 15) is 4.79 Å². The van der Waals surface area contributed by atoms with Crippen LogP contribution in [0.1, 0.15) is 12.5 Å². The fourth-order valence-corrected chi connectivity index (χ4v) is 2.04. The first-order valence-corrected chi connectivity index (χ1v) is 5.61. The third kappa shape index (κ3) is 2.09. The van der Waals surface area contributed by atoms with E-state index in [2.05, 4.69) is 15.3 Å². The normalized spacial score (nSPS) is 16.1. The number of amides is 1. The lowest BCUT2D eigenvalue weighted by Crippen LogP contribution is -2.48. The minimum atomic E-state index is 0.0167. The number of hydrogen-bond donors (Lipinski definition) is 1. The molecule has 0 spiro atoms. The number of nitrogens with one attached hydrogen (secondary N) is 1. The van der Waals surface area contributed by atoms with Crippen molar-refractivity contribution in [2.75, 3.05) is 24.5 Å². The molecule has 0 atom stereocenters. The Morgan fingerprint density at radius 3 is 3.06 bits per heavy atom. The van der Waals surface area contributed by atoms with Crippen molar-refractivity contribution in [3.63, 3.8) is 0 Å². The number of rotatable bonds is 2. The molecular formula is C10H13ClN4O. The highest BCUT2D eigenvalue weighted by atomic mass is 35.5. The van der Waals surface area contributed by atoms with Gasteiger partial charge < -0.3 is 10.2 Å². The number of hydrogen-bond acceptors (Lipinski definition) is 4. The maximum Gasteiger partial charge on any atom is 0.239 e. The van der Waals surface area contributed by atoms with Crippen molar-refractivity contribution in [3.8, 4) is 0 Å². The molecule has 1 saturated heterocycles. The fourth-order valence-electron chi connectivity index (χ4n) is 1.78. The summed E-state index contributed by atoms with van der Waals surface area (Å²) >= 11 is 6.01. The van der Waals surface area contributed by atoms with Crippen molar-refractivity contribution in [2.24, 2.45) is 0 Å². The Morgan fingerprint density at radius 1 is 1.56 bits per heavy atom. The topological polar surface area (TPSA) is 58.1 Å². The molecule has 1 N–H and O–H groups in total. The number of halogens is 1. The van der Waals surface area contributed by atoms with E-state index in [0.29, 0.717) is 18.2 Å². The quantitative estimate of drug-likeness (QED) is 0.771. The summed E-state index contributed by atoms with van der Waals surface area (Å²) in [5, 5.41) is 3.25. The molecule has 2 heterocycles. The number of carbonyl (C=O) groups excluding carboxylic acids is 1. The number of aromatic nitrogens is 2. The molecule has 0 aliphatic carbocycles. The van der Waals surface area contributed by atoms with Gasteiger partial charge in [0, 0.05) is 18.7 Å². The SMILES string of the molecule is CCc1c(Cl)ncnc1N1CCNC(=O)C1. The van der Waals surface area contributed by atoms with E-state index in [1.165, 1.54) is 6.33 Å². The lowest BCUT2D eigenvalue weighted by molar-refractivity contribution is -0.120. The standard InChI is InChI=1S/C10H13ClN4O/c1-2-7-9(11)13-6-14-10(7)15-4-3-12-8(16)5-15/h6H,2-5H2,1H3,(H,12,16). The molecule has 1 aromatic rings. The molecule has 0 aromatic carbocycles. The molecule has 2 rings (SSSR count). The molecule has 0 radical (unpaired) electrons. The van der Waals surface area contributed by atoms with E-state index in [4.69, 9.17) is 11.6 Å². The monoisotopic (exact) mass is 240 g/mol. The Hall–Kier alpha value is -1.36. The molecule has 1 amide bonds. The van der Waals surface area contributed by atoms with Crippen LogP contribution in [0.15, 0.2) is 6.33 Å². The van der Waals surface area contributed by atoms with E-state index in [-0.39, 0.29) is 5.91 Å². The molecular weight excluding hydrogens is 228 g/mol. The number of carbonyl (C=O) groups is 1. The molecule has 6 heteroatoms. The van der Waals surface area contributed by atoms with Crippen LogP contribution < -0.4 is 10.2 Å². The highest BCUT2D eigenvalue weighted by Crippen LogP contribution is 2.23. The average molecular weight is 241 g/mol. The fraction of sp³-hybridized carbons (Fsp3) is 0.500. The Morgan fingerprint density at radius 2 is 2.38 bits per heavy atom. The Balaban J connectivity index is 2.31. The van der Waals surface area contributed by atoms with E-state index in [0.717, 1.165) is 24.3 Å². The highest BCUT2D eigenvalue weighted by molar-refractivity contribution is 6.30. The maximum absolute atomic E-state index is 11.3. The number of anilines is 1. The smallest absolute Gasteiger partial charge is 0.239 e. The Bertz CT molecular complexity index is 410. The van der Waals surface area contributed by atoms with Crippen LogP contribution in [0.3, 0.4) is 0 Å². The van der Waals surface area contributed by atoms with Crippen LogP contribution in [0.25, 0.3) is 0 Å². The van der Waals surface area contributed by atoms with E-state index < -0.39 is 0 Å². The average Bonchev–Trinajstić information content (AvgIpc) is 2.28. The molecule has 86 valence electrons. The van der Waals surface area contributed by atoms with Gasteiger partial charge >= 0.3 is 0 Å². The van der Waals surface area contributed by atoms with Crippen molar-refractivity contribution in [2.45, 2.75) is 13.3 Å². The molecule has 1 aliphatic heterocycles. The van der Waals surface area contributed by atoms with Gasteiger partial charge in [-0.15, -0.1) is 0 Å². The molecule has 1 fully saturated rings. The zero-order chi connectivity index (χ0) is 11.5. The highest BCUT2D eigenvalue weighted by Gasteiger charge is 2.20. The van der Waals surface area contributed by atoms with Gasteiger partial charge in [0.2, 0.25) is 5.91 Å². The van der Waals surface area contributed by atoms with Crippen molar-refractivity contribution in [1.29, 1.82) is 0 Å². The first-order chi connectivity index (χ1) is 7.72. The van der Waals surface area contributed by atoms with Crippen LogP contribution in [-0.4, -0.2) is 35.5 Å². The Kier molecular flexibility index (Phi) is 3.24. The lowest BCUT2D eigenvalue weighted by Gasteiger charge is -2.29. The second kappa shape index (κ2) is 4.65. The Labute approximate surface area is 98.8 Å². The summed E-state index contributed by atoms with van der Waals surface area (Å²) in [4.78, 5) is 21.4. The molecule has 5 nitrogen and oxygen atoms in total. The summed E-state index contributed by atoms with van der Waals surface area (Å²) < 4.78 is 0. The summed E-state index contributed by atoms with van der Waals surface area (Å²) in [6.45, 7) is 3.73. The largest absolute Gasteiger partial charge is 0.353 e. The van der Waals surface area contributed by atoms with Crippen LogP contribution in [-0.2, 0) is 11.2 Å². The summed E-state index contributed by atoms with van der Waals surface area (Å²) in [6.07, 6.45) is 2.19. The summed E-state index contributed by atoms with van der Waals surface area (Å²) in [6, 6.07) is 0. The minimum absolute atomic E-state index is 0.0167. The van der Waals surface area contributed by atoms with Gasteiger partial charge in [-0.2, -0.15) is 0 Å². The minimum Gasteiger partial charge on any atom is -0.353 e. The van der Waals surface area contributed by atoms with Crippen molar-refractivity contribution >= 4 is 23.3 Å². The molecule has 16 heavy (non-hydrogen) atoms. The van der Waals surface area contributed by atoms with Gasteiger partial charge in [0.25, 0.3) is 0 Å². The molecule has 0 saturated carbocycles. The van der Waals surface area contributed by atoms with E-state index >= 15 is 0 Å². The molecule has 0 bridgehead atoms. The van der Waals surface area contributed by atoms with Gasteiger partial charge in [-0.05, 0) is 6.42 Å². The summed E-state index contributed by atoms with van der Waals surface area (Å²) in [5.74, 6) is 0.792. The second-order valence-corrected chi connectivity index (χ2v) is 3.95. The molecule has 0 unspecified atom stereocenters. The van der Waals surface area contributed by atoms with Crippen LogP contribution in [0, 0.1) is 0 Å². The summed E-state index contributed by atoms with van der Waals surface area (Å²) in [5.41, 5.74) is 0.902. The van der Waals surface area contributed by atoms with Crippen molar-refractivity contribution < 1.29 is 4.79 Å². The van der Waals surface area contributed by atoms with Crippen LogP contribution >= 0.6 is 11.6 Å². The van der Waals surface area contributed by atoms with Gasteiger partial charge in [-0.3, -0.25) is 4.79 Å².